The highest BCUT2D eigenvalue weighted by Crippen LogP contribution is 2.34. The number of aryl methyl sites for hydroxylation is 2. The summed E-state index contributed by atoms with van der Waals surface area (Å²) in [6, 6.07) is 6.18. The van der Waals surface area contributed by atoms with E-state index in [1.54, 1.807) is 7.11 Å². The Hall–Kier alpha value is -2.10. The van der Waals surface area contributed by atoms with Crippen molar-refractivity contribution in [2.24, 2.45) is 0 Å². The van der Waals surface area contributed by atoms with E-state index in [4.69, 9.17) is 4.74 Å². The first-order chi connectivity index (χ1) is 8.81. The molecule has 0 aliphatic heterocycles. The first kappa shape index (κ1) is 11.0. The standard InChI is InChI=1S/C14H15N3O/c1-15-14-16-8-10-4-3-9-5-6-11(18-2)7-12(9)13(10)17-14/h5-8H,3-4H2,1-2H3,(H,15,16,17). The molecule has 0 unspecified atom stereocenters. The van der Waals surface area contributed by atoms with Gasteiger partial charge in [0.25, 0.3) is 0 Å². The largest absolute Gasteiger partial charge is 0.497 e. The number of nitrogens with one attached hydrogen (secondary N) is 1. The lowest BCUT2D eigenvalue weighted by Gasteiger charge is -2.19. The van der Waals surface area contributed by atoms with Gasteiger partial charge >= 0.3 is 0 Å². The van der Waals surface area contributed by atoms with E-state index in [-0.39, 0.29) is 0 Å². The Kier molecular flexibility index (Phi) is 2.63. The number of ether oxygens (including phenoxy) is 1. The van der Waals surface area contributed by atoms with Gasteiger partial charge in [-0.25, -0.2) is 9.97 Å². The lowest BCUT2D eigenvalue weighted by atomic mass is 9.90. The van der Waals surface area contributed by atoms with Crippen LogP contribution in [0.2, 0.25) is 0 Å². The Balaban J connectivity index is 2.18. The highest BCUT2D eigenvalue weighted by atomic mass is 16.5. The van der Waals surface area contributed by atoms with E-state index >= 15 is 0 Å². The minimum Gasteiger partial charge on any atom is -0.497 e. The topological polar surface area (TPSA) is 47.0 Å². The average molecular weight is 241 g/mol. The maximum atomic E-state index is 5.29. The van der Waals surface area contributed by atoms with E-state index < -0.39 is 0 Å². The number of aromatic nitrogens is 2. The summed E-state index contributed by atoms with van der Waals surface area (Å²) in [4.78, 5) is 8.84. The number of methoxy groups -OCH3 is 1. The first-order valence-corrected chi connectivity index (χ1v) is 6.03. The Morgan fingerprint density at radius 1 is 1.22 bits per heavy atom. The molecule has 0 saturated heterocycles. The number of hydrogen-bond donors (Lipinski definition) is 1. The summed E-state index contributed by atoms with van der Waals surface area (Å²) < 4.78 is 5.29. The van der Waals surface area contributed by atoms with Gasteiger partial charge in [-0.05, 0) is 36.1 Å². The van der Waals surface area contributed by atoms with Gasteiger partial charge < -0.3 is 10.1 Å². The fourth-order valence-corrected chi connectivity index (χ4v) is 2.33. The molecule has 1 N–H and O–H groups in total. The number of anilines is 1. The molecule has 0 bridgehead atoms. The van der Waals surface area contributed by atoms with Crippen molar-refractivity contribution >= 4 is 5.95 Å². The molecule has 0 spiro atoms. The summed E-state index contributed by atoms with van der Waals surface area (Å²) in [5, 5.41) is 2.98. The van der Waals surface area contributed by atoms with Gasteiger partial charge in [0, 0.05) is 18.8 Å². The van der Waals surface area contributed by atoms with E-state index in [2.05, 4.69) is 27.4 Å². The van der Waals surface area contributed by atoms with Crippen LogP contribution >= 0.6 is 0 Å². The molecule has 1 aliphatic carbocycles. The monoisotopic (exact) mass is 241 g/mol. The number of nitrogens with zero attached hydrogens (tertiary/aromatic N) is 2. The molecule has 0 saturated carbocycles. The van der Waals surface area contributed by atoms with Crippen LogP contribution in [0, 0.1) is 0 Å². The van der Waals surface area contributed by atoms with Crippen LogP contribution in [0.25, 0.3) is 11.3 Å². The van der Waals surface area contributed by atoms with Gasteiger partial charge in [0.2, 0.25) is 5.95 Å². The van der Waals surface area contributed by atoms with Crippen molar-refractivity contribution in [3.05, 3.63) is 35.5 Å². The van der Waals surface area contributed by atoms with Crippen molar-refractivity contribution in [2.45, 2.75) is 12.8 Å². The van der Waals surface area contributed by atoms with E-state index in [1.165, 1.54) is 11.1 Å². The zero-order valence-corrected chi connectivity index (χ0v) is 10.5. The third kappa shape index (κ3) is 1.70. The third-order valence-corrected chi connectivity index (χ3v) is 3.32. The van der Waals surface area contributed by atoms with Crippen LogP contribution in [0.5, 0.6) is 5.75 Å². The lowest BCUT2D eigenvalue weighted by Crippen LogP contribution is -2.08. The fourth-order valence-electron chi connectivity index (χ4n) is 2.33. The Labute approximate surface area is 106 Å². The van der Waals surface area contributed by atoms with Gasteiger partial charge in [-0.1, -0.05) is 6.07 Å². The van der Waals surface area contributed by atoms with E-state index in [0.29, 0.717) is 5.95 Å². The Bertz CT molecular complexity index is 542. The summed E-state index contributed by atoms with van der Waals surface area (Å²) in [5.74, 6) is 1.52. The van der Waals surface area contributed by atoms with Gasteiger partial charge in [-0.2, -0.15) is 0 Å². The fraction of sp³-hybridized carbons (Fsp3) is 0.286. The zero-order valence-electron chi connectivity index (χ0n) is 10.5. The summed E-state index contributed by atoms with van der Waals surface area (Å²) >= 11 is 0. The normalized spacial score (nSPS) is 12.6. The molecule has 2 aromatic rings. The van der Waals surface area contributed by atoms with Crippen LogP contribution in [-0.4, -0.2) is 24.1 Å². The zero-order chi connectivity index (χ0) is 12.5. The second-order valence-electron chi connectivity index (χ2n) is 4.34. The molecule has 92 valence electrons. The second-order valence-corrected chi connectivity index (χ2v) is 4.34. The summed E-state index contributed by atoms with van der Waals surface area (Å²) in [7, 11) is 3.52. The lowest BCUT2D eigenvalue weighted by molar-refractivity contribution is 0.415. The van der Waals surface area contributed by atoms with Gasteiger partial charge in [0.1, 0.15) is 5.75 Å². The van der Waals surface area contributed by atoms with Crippen molar-refractivity contribution in [1.29, 1.82) is 0 Å². The van der Waals surface area contributed by atoms with Crippen molar-refractivity contribution < 1.29 is 4.74 Å². The number of hydrogen-bond acceptors (Lipinski definition) is 4. The van der Waals surface area contributed by atoms with Crippen molar-refractivity contribution in [3.63, 3.8) is 0 Å². The van der Waals surface area contributed by atoms with Crippen LogP contribution in [0.15, 0.2) is 24.4 Å². The quantitative estimate of drug-likeness (QED) is 0.876. The van der Waals surface area contributed by atoms with Gasteiger partial charge in [-0.15, -0.1) is 0 Å². The molecule has 3 rings (SSSR count). The molecular weight excluding hydrogens is 226 g/mol. The maximum absolute atomic E-state index is 5.29. The molecule has 0 fully saturated rings. The Morgan fingerprint density at radius 2 is 2.06 bits per heavy atom. The SMILES string of the molecule is CNc1ncc2c(n1)-c1cc(OC)ccc1CC2. The molecule has 0 radical (unpaired) electrons. The number of rotatable bonds is 2. The molecule has 1 aromatic carbocycles. The molecule has 0 atom stereocenters. The third-order valence-electron chi connectivity index (χ3n) is 3.32. The van der Waals surface area contributed by atoms with Gasteiger partial charge in [0.05, 0.1) is 12.8 Å². The Morgan fingerprint density at radius 3 is 2.83 bits per heavy atom. The molecule has 18 heavy (non-hydrogen) atoms. The molecule has 1 heterocycles. The smallest absolute Gasteiger partial charge is 0.222 e. The minimum atomic E-state index is 0.657. The minimum absolute atomic E-state index is 0.657. The molecule has 1 aliphatic rings. The van der Waals surface area contributed by atoms with E-state index in [9.17, 15) is 0 Å². The molecule has 4 nitrogen and oxygen atoms in total. The van der Waals surface area contributed by atoms with Crippen LogP contribution in [0.4, 0.5) is 5.95 Å². The van der Waals surface area contributed by atoms with Crippen LogP contribution in [0.1, 0.15) is 11.1 Å². The summed E-state index contributed by atoms with van der Waals surface area (Å²) in [6.07, 6.45) is 3.95. The van der Waals surface area contributed by atoms with E-state index in [1.807, 2.05) is 19.3 Å². The summed E-state index contributed by atoms with van der Waals surface area (Å²) in [6.45, 7) is 0. The van der Waals surface area contributed by atoms with Crippen molar-refractivity contribution in [2.75, 3.05) is 19.5 Å². The number of fused-ring (bicyclic) bond motifs is 3. The van der Waals surface area contributed by atoms with E-state index in [0.717, 1.165) is 29.8 Å². The van der Waals surface area contributed by atoms with Crippen LogP contribution < -0.4 is 10.1 Å². The van der Waals surface area contributed by atoms with Crippen LogP contribution in [-0.2, 0) is 12.8 Å². The van der Waals surface area contributed by atoms with Crippen molar-refractivity contribution in [3.8, 4) is 17.0 Å². The maximum Gasteiger partial charge on any atom is 0.222 e. The molecule has 0 amide bonds. The predicted octanol–water partition coefficient (Wildman–Crippen LogP) is 2.29. The predicted molar refractivity (Wildman–Crippen MR) is 71.0 cm³/mol. The van der Waals surface area contributed by atoms with Crippen LogP contribution in [0.3, 0.4) is 0 Å². The summed E-state index contributed by atoms with van der Waals surface area (Å²) in [5.41, 5.74) is 4.71. The molecular formula is C14H15N3O. The van der Waals surface area contributed by atoms with Gasteiger partial charge in [-0.3, -0.25) is 0 Å². The number of benzene rings is 1. The average Bonchev–Trinajstić information content (AvgIpc) is 2.45. The second kappa shape index (κ2) is 4.29. The molecule has 4 heteroatoms. The van der Waals surface area contributed by atoms with Gasteiger partial charge in [0.15, 0.2) is 0 Å². The first-order valence-electron chi connectivity index (χ1n) is 6.03. The highest BCUT2D eigenvalue weighted by molar-refractivity contribution is 5.71. The molecule has 1 aromatic heterocycles. The van der Waals surface area contributed by atoms with Crippen molar-refractivity contribution in [1.82, 2.24) is 9.97 Å². The highest BCUT2D eigenvalue weighted by Gasteiger charge is 2.18.